The number of hydrogen-bond acceptors (Lipinski definition) is 5. The van der Waals surface area contributed by atoms with E-state index < -0.39 is 39.4 Å². The van der Waals surface area contributed by atoms with Crippen molar-refractivity contribution in [1.82, 2.24) is 0 Å². The highest BCUT2D eigenvalue weighted by Crippen LogP contribution is 2.36. The third-order valence-electron chi connectivity index (χ3n) is 3.59. The fourth-order valence-corrected chi connectivity index (χ4v) is 4.52. The number of hydrogen-bond donors (Lipinski definition) is 0. The molecule has 0 aromatic heterocycles. The Hall–Kier alpha value is -0.423. The van der Waals surface area contributed by atoms with E-state index >= 15 is 0 Å². The Morgan fingerprint density at radius 1 is 0.893 bits per heavy atom. The molecule has 0 unspecified atom stereocenters. The Morgan fingerprint density at radius 3 is 1.54 bits per heavy atom. The zero-order chi connectivity index (χ0) is 22.7. The van der Waals surface area contributed by atoms with Crippen LogP contribution in [0, 0.1) is 0 Å². The maximum atomic E-state index is 11.4. The zero-order valence-electron chi connectivity index (χ0n) is 15.8. The molecular weight excluding hydrogens is 458 g/mol. The van der Waals surface area contributed by atoms with Gasteiger partial charge in [-0.25, -0.2) is 16.8 Å². The normalized spacial score (nSPS) is 18.5. The smallest absolute Gasteiger partial charge is 0.421 e. The predicted molar refractivity (Wildman–Crippen MR) is 92.6 cm³/mol. The van der Waals surface area contributed by atoms with Crippen LogP contribution in [0.25, 0.3) is 4.13 Å². The van der Waals surface area contributed by atoms with Crippen LogP contribution in [0.4, 0.5) is 26.3 Å². The van der Waals surface area contributed by atoms with Gasteiger partial charge in [0.05, 0.1) is 26.7 Å². The Bertz CT molecular complexity index is 668. The summed E-state index contributed by atoms with van der Waals surface area (Å²) < 4.78 is 116. The second-order valence-electron chi connectivity index (χ2n) is 7.37. The van der Waals surface area contributed by atoms with Gasteiger partial charge in [-0.2, -0.15) is 26.3 Å². The molecule has 0 aliphatic carbocycles. The minimum Gasteiger partial charge on any atom is -0.421 e. The molecule has 170 valence electrons. The lowest BCUT2D eigenvalue weighted by Crippen LogP contribution is -2.44. The van der Waals surface area contributed by atoms with E-state index in [4.69, 9.17) is 4.43 Å². The molecule has 1 aliphatic rings. The number of rotatable bonds is 6. The Morgan fingerprint density at radius 2 is 1.25 bits per heavy atom. The summed E-state index contributed by atoms with van der Waals surface area (Å²) in [6.07, 6.45) is 2.81. The second-order valence-corrected chi connectivity index (χ2v) is 15.3. The van der Waals surface area contributed by atoms with E-state index in [1.165, 1.54) is 37.0 Å². The van der Waals surface area contributed by atoms with Crippen molar-refractivity contribution in [2.75, 3.05) is 33.3 Å². The highest BCUT2D eigenvalue weighted by Gasteiger charge is 2.46. The van der Waals surface area contributed by atoms with Gasteiger partial charge in [0.1, 0.15) is 6.54 Å². The van der Waals surface area contributed by atoms with Crippen molar-refractivity contribution in [1.29, 1.82) is 0 Å². The molecule has 0 atom stereocenters. The summed E-state index contributed by atoms with van der Waals surface area (Å²) in [4.78, 5) is 0. The van der Waals surface area contributed by atoms with Crippen LogP contribution in [-0.4, -0.2) is 73.9 Å². The third-order valence-corrected chi connectivity index (χ3v) is 7.40. The number of sulfonamides is 2. The van der Waals surface area contributed by atoms with Gasteiger partial charge in [-0.05, 0) is 19.6 Å². The Balaban J connectivity index is 0.000000525. The van der Waals surface area contributed by atoms with E-state index in [9.17, 15) is 43.2 Å². The van der Waals surface area contributed by atoms with E-state index in [1.54, 1.807) is 0 Å². The van der Waals surface area contributed by atoms with Gasteiger partial charge >= 0.3 is 11.0 Å². The number of halogens is 6. The largest absolute Gasteiger partial charge is 0.480 e. The lowest BCUT2D eigenvalue weighted by Gasteiger charge is -2.30. The first kappa shape index (κ1) is 27.6. The Labute approximate surface area is 161 Å². The number of likely N-dealkylation sites (N-methyl/N-ethyl adjacent to an activating group) is 1. The summed E-state index contributed by atoms with van der Waals surface area (Å²) in [5, 5.41) is 0. The van der Waals surface area contributed by atoms with Crippen LogP contribution in [-0.2, 0) is 24.5 Å². The molecule has 0 aromatic rings. The molecule has 1 saturated heterocycles. The number of likely N-dealkylation sites (tertiary alicyclic amines) is 1. The molecule has 1 aliphatic heterocycles. The topological polar surface area (TPSA) is 91.6 Å². The predicted octanol–water partition coefficient (Wildman–Crippen LogP) is 3.14. The Kier molecular flexibility index (Phi) is 9.02. The summed E-state index contributed by atoms with van der Waals surface area (Å²) >= 11 is 0. The van der Waals surface area contributed by atoms with Gasteiger partial charge in [0.25, 0.3) is 0 Å². The van der Waals surface area contributed by atoms with E-state index in [0.717, 1.165) is 10.7 Å². The van der Waals surface area contributed by atoms with Gasteiger partial charge in [0.2, 0.25) is 0 Å². The first-order chi connectivity index (χ1) is 12.1. The summed E-state index contributed by atoms with van der Waals surface area (Å²) in [5.74, 6) is 0. The second kappa shape index (κ2) is 9.16. The number of quaternary nitrogens is 1. The molecule has 0 N–H and O–H groups in total. The molecule has 28 heavy (non-hydrogen) atoms. The van der Waals surface area contributed by atoms with Gasteiger partial charge in [-0.15, -0.1) is 0 Å². The van der Waals surface area contributed by atoms with Crippen LogP contribution in [0.5, 0.6) is 0 Å². The van der Waals surface area contributed by atoms with Crippen molar-refractivity contribution >= 4 is 28.4 Å². The molecule has 0 aromatic carbocycles. The quantitative estimate of drug-likeness (QED) is 0.330. The zero-order valence-corrected chi connectivity index (χ0v) is 18.4. The average molecular weight is 483 g/mol. The van der Waals surface area contributed by atoms with Gasteiger partial charge in [-0.1, -0.05) is 0 Å². The van der Waals surface area contributed by atoms with E-state index in [0.29, 0.717) is 0 Å². The van der Waals surface area contributed by atoms with Crippen LogP contribution >= 0.6 is 0 Å². The molecule has 0 saturated carbocycles. The molecule has 0 radical (unpaired) electrons. The summed E-state index contributed by atoms with van der Waals surface area (Å²) in [6.45, 7) is 11.7. The first-order valence-electron chi connectivity index (χ1n) is 7.96. The average Bonchev–Trinajstić information content (AvgIpc) is 2.81. The highest BCUT2D eigenvalue weighted by atomic mass is 32.3. The fourth-order valence-electron chi connectivity index (χ4n) is 2.11. The standard InChI is InChI=1S/C10H24NOSi.C2F6NO4S2/c1-11(7-5-6-8-11)9-10-12-13(2,3)4;3-1(4,5)14(10,11)9-15(12,13)2(6,7)8/h5-10H2,1-4H3;/q+1;-1. The van der Waals surface area contributed by atoms with Crippen LogP contribution in [0.1, 0.15) is 12.8 Å². The SMILES string of the molecule is C[N+]1(CCO[Si](C)(C)C)CCCC1.O=S(=O)([N-]S(=O)(=O)C(F)(F)F)C(F)(F)F. The molecule has 0 amide bonds. The highest BCUT2D eigenvalue weighted by molar-refractivity contribution is 8.13. The van der Waals surface area contributed by atoms with Crippen molar-refractivity contribution < 1.29 is 52.1 Å². The molecule has 1 fully saturated rings. The maximum absolute atomic E-state index is 11.4. The summed E-state index contributed by atoms with van der Waals surface area (Å²) in [7, 11) is -12.4. The molecular formula is C12H24F6N2O5S2Si. The molecule has 0 spiro atoms. The minimum atomic E-state index is -6.72. The van der Waals surface area contributed by atoms with Crippen LogP contribution < -0.4 is 0 Å². The third kappa shape index (κ3) is 9.38. The van der Waals surface area contributed by atoms with Crippen molar-refractivity contribution in [3.05, 3.63) is 4.13 Å². The van der Waals surface area contributed by atoms with Gasteiger partial charge in [0.15, 0.2) is 28.4 Å². The first-order valence-corrected chi connectivity index (χ1v) is 14.3. The van der Waals surface area contributed by atoms with Crippen molar-refractivity contribution in [2.45, 2.75) is 43.5 Å². The summed E-state index contributed by atoms with van der Waals surface area (Å²) in [6, 6.07) is 0. The maximum Gasteiger partial charge on any atom is 0.480 e. The van der Waals surface area contributed by atoms with E-state index in [2.05, 4.69) is 26.7 Å². The van der Waals surface area contributed by atoms with Crippen LogP contribution in [0.15, 0.2) is 0 Å². The van der Waals surface area contributed by atoms with Gasteiger partial charge in [-0.3, -0.25) is 0 Å². The van der Waals surface area contributed by atoms with Crippen molar-refractivity contribution in [3.63, 3.8) is 0 Å². The van der Waals surface area contributed by atoms with Gasteiger partial charge < -0.3 is 13.0 Å². The molecule has 0 bridgehead atoms. The van der Waals surface area contributed by atoms with Crippen molar-refractivity contribution in [2.24, 2.45) is 0 Å². The molecule has 7 nitrogen and oxygen atoms in total. The molecule has 16 heteroatoms. The van der Waals surface area contributed by atoms with E-state index in [1.807, 2.05) is 0 Å². The minimum absolute atomic E-state index is 0.778. The van der Waals surface area contributed by atoms with Crippen LogP contribution in [0.3, 0.4) is 0 Å². The van der Waals surface area contributed by atoms with Crippen molar-refractivity contribution in [3.8, 4) is 0 Å². The summed E-state index contributed by atoms with van der Waals surface area (Å²) in [5.41, 5.74) is -12.4. The van der Waals surface area contributed by atoms with Crippen LogP contribution in [0.2, 0.25) is 19.6 Å². The molecule has 1 heterocycles. The fraction of sp³-hybridized carbons (Fsp3) is 1.00. The number of nitrogens with zero attached hydrogens (tertiary/aromatic N) is 2. The lowest BCUT2D eigenvalue weighted by molar-refractivity contribution is -0.897. The number of alkyl halides is 6. The van der Waals surface area contributed by atoms with Gasteiger partial charge in [0, 0.05) is 12.8 Å². The monoisotopic (exact) mass is 482 g/mol. The van der Waals surface area contributed by atoms with E-state index in [-0.39, 0.29) is 0 Å². The lowest BCUT2D eigenvalue weighted by atomic mass is 10.4. The molecule has 1 rings (SSSR count).